The van der Waals surface area contributed by atoms with Crippen LogP contribution in [0.2, 0.25) is 0 Å². The molecule has 0 N–H and O–H groups in total. The summed E-state index contributed by atoms with van der Waals surface area (Å²) in [5.41, 5.74) is 11.0. The fourth-order valence-electron chi connectivity index (χ4n) is 7.41. The van der Waals surface area contributed by atoms with E-state index >= 15 is 0 Å². The van der Waals surface area contributed by atoms with Gasteiger partial charge in [0.1, 0.15) is 5.82 Å². The molecule has 3 heterocycles. The molecule has 0 saturated carbocycles. The molecule has 234 valence electrons. The molecule has 0 radical (unpaired) electrons. The summed E-state index contributed by atoms with van der Waals surface area (Å²) in [5.74, 6) is 1.53. The zero-order valence-electron chi connectivity index (χ0n) is 27.1. The first-order valence-electron chi connectivity index (χ1n) is 16.9. The number of nitrogens with zero attached hydrogens (tertiary/aromatic N) is 4. The van der Waals surface area contributed by atoms with E-state index in [0.717, 1.165) is 44.9 Å². The minimum Gasteiger partial charge on any atom is -0.309 e. The molecule has 4 heteroatoms. The summed E-state index contributed by atoms with van der Waals surface area (Å²) in [7, 11) is 0. The predicted octanol–water partition coefficient (Wildman–Crippen LogP) is 11.7. The summed E-state index contributed by atoms with van der Waals surface area (Å²) >= 11 is 0. The van der Waals surface area contributed by atoms with E-state index in [1.54, 1.807) is 0 Å². The monoisotopic (exact) mass is 638 g/mol. The number of aromatic nitrogens is 4. The van der Waals surface area contributed by atoms with Crippen molar-refractivity contribution in [2.24, 2.45) is 0 Å². The van der Waals surface area contributed by atoms with Crippen molar-refractivity contribution in [2.75, 3.05) is 0 Å². The number of rotatable bonds is 5. The SMILES string of the molecule is c1ccc(-c2ccc(-n3c4ccccc4c4cc5c6ccccc6n(-c6cc(-c7ccccc7)nc(-c7ccccc7)n6)c5cc43)cc2)cc1. The maximum Gasteiger partial charge on any atom is 0.162 e. The fraction of sp³-hybridized carbons (Fsp3) is 0. The highest BCUT2D eigenvalue weighted by atomic mass is 15.1. The van der Waals surface area contributed by atoms with Gasteiger partial charge in [0.05, 0.1) is 27.8 Å². The van der Waals surface area contributed by atoms with Crippen LogP contribution in [0.1, 0.15) is 0 Å². The zero-order chi connectivity index (χ0) is 33.0. The van der Waals surface area contributed by atoms with E-state index in [9.17, 15) is 0 Å². The van der Waals surface area contributed by atoms with Gasteiger partial charge in [-0.15, -0.1) is 0 Å². The lowest BCUT2D eigenvalue weighted by atomic mass is 10.1. The van der Waals surface area contributed by atoms with Crippen molar-refractivity contribution in [1.29, 1.82) is 0 Å². The lowest BCUT2D eigenvalue weighted by Gasteiger charge is -2.13. The Morgan fingerprint density at radius 1 is 0.320 bits per heavy atom. The molecule has 0 unspecified atom stereocenters. The van der Waals surface area contributed by atoms with Gasteiger partial charge in [0, 0.05) is 44.4 Å². The van der Waals surface area contributed by atoms with Crippen molar-refractivity contribution in [3.63, 3.8) is 0 Å². The van der Waals surface area contributed by atoms with Crippen LogP contribution in [-0.2, 0) is 0 Å². The molecule has 0 atom stereocenters. The maximum absolute atomic E-state index is 5.26. The Morgan fingerprint density at radius 3 is 1.46 bits per heavy atom. The van der Waals surface area contributed by atoms with Gasteiger partial charge in [0.25, 0.3) is 0 Å². The number of para-hydroxylation sites is 2. The van der Waals surface area contributed by atoms with E-state index in [-0.39, 0.29) is 0 Å². The van der Waals surface area contributed by atoms with Gasteiger partial charge in [-0.25, -0.2) is 9.97 Å². The van der Waals surface area contributed by atoms with Crippen molar-refractivity contribution in [3.05, 3.63) is 182 Å². The van der Waals surface area contributed by atoms with Gasteiger partial charge in [0.15, 0.2) is 5.82 Å². The average molecular weight is 639 g/mol. The van der Waals surface area contributed by atoms with Crippen LogP contribution in [0.4, 0.5) is 0 Å². The Bertz CT molecular complexity index is 2770. The molecule has 0 aliphatic carbocycles. The molecule has 4 nitrogen and oxygen atoms in total. The molecule has 0 saturated heterocycles. The highest BCUT2D eigenvalue weighted by molar-refractivity contribution is 6.19. The lowest BCUT2D eigenvalue weighted by Crippen LogP contribution is -2.02. The molecule has 0 aliphatic heterocycles. The third-order valence-electron chi connectivity index (χ3n) is 9.74. The molecule has 0 bridgehead atoms. The molecular weight excluding hydrogens is 609 g/mol. The standard InChI is InChI=1S/C46H30N4/c1-4-14-31(15-5-1)32-24-26-35(27-25-32)49-41-22-12-10-20-36(41)38-28-39-37-21-11-13-23-42(37)50(44(39)30-43(38)49)45-29-40(33-16-6-2-7-17-33)47-46(48-45)34-18-8-3-9-19-34/h1-30H. The molecule has 0 aliphatic rings. The zero-order valence-corrected chi connectivity index (χ0v) is 27.1. The largest absolute Gasteiger partial charge is 0.309 e. The molecule has 3 aromatic heterocycles. The van der Waals surface area contributed by atoms with Crippen molar-refractivity contribution < 1.29 is 0 Å². The van der Waals surface area contributed by atoms with Crippen LogP contribution in [0.3, 0.4) is 0 Å². The molecule has 7 aromatic carbocycles. The number of hydrogen-bond donors (Lipinski definition) is 0. The summed E-state index contributed by atoms with van der Waals surface area (Å²) in [6.45, 7) is 0. The molecule has 50 heavy (non-hydrogen) atoms. The maximum atomic E-state index is 5.26. The highest BCUT2D eigenvalue weighted by Crippen LogP contribution is 2.40. The van der Waals surface area contributed by atoms with Crippen LogP contribution in [0.5, 0.6) is 0 Å². The topological polar surface area (TPSA) is 35.6 Å². The second kappa shape index (κ2) is 11.4. The number of hydrogen-bond acceptors (Lipinski definition) is 2. The summed E-state index contributed by atoms with van der Waals surface area (Å²) in [6.07, 6.45) is 0. The van der Waals surface area contributed by atoms with Crippen LogP contribution in [0.15, 0.2) is 182 Å². The molecule has 0 spiro atoms. The molecule has 0 amide bonds. The van der Waals surface area contributed by atoms with E-state index in [0.29, 0.717) is 5.82 Å². The molecule has 0 fully saturated rings. The summed E-state index contributed by atoms with van der Waals surface area (Å²) in [4.78, 5) is 10.3. The van der Waals surface area contributed by atoms with Crippen molar-refractivity contribution in [3.8, 4) is 45.3 Å². The van der Waals surface area contributed by atoms with Crippen LogP contribution >= 0.6 is 0 Å². The van der Waals surface area contributed by atoms with Crippen LogP contribution in [0.25, 0.3) is 88.9 Å². The first-order chi connectivity index (χ1) is 24.8. The smallest absolute Gasteiger partial charge is 0.162 e. The number of benzene rings is 7. The van der Waals surface area contributed by atoms with Crippen molar-refractivity contribution in [2.45, 2.75) is 0 Å². The van der Waals surface area contributed by atoms with Gasteiger partial charge in [-0.1, -0.05) is 140 Å². The Morgan fingerprint density at radius 2 is 0.820 bits per heavy atom. The highest BCUT2D eigenvalue weighted by Gasteiger charge is 2.20. The Balaban J connectivity index is 1.26. The molecular formula is C46H30N4. The average Bonchev–Trinajstić information content (AvgIpc) is 3.70. The van der Waals surface area contributed by atoms with Crippen molar-refractivity contribution in [1.82, 2.24) is 19.1 Å². The summed E-state index contributed by atoms with van der Waals surface area (Å²) < 4.78 is 4.71. The van der Waals surface area contributed by atoms with Gasteiger partial charge < -0.3 is 4.57 Å². The fourth-order valence-corrected chi connectivity index (χ4v) is 7.41. The summed E-state index contributed by atoms with van der Waals surface area (Å²) in [5, 5.41) is 4.83. The Labute approximate surface area is 289 Å². The normalized spacial score (nSPS) is 11.6. The van der Waals surface area contributed by atoms with Gasteiger partial charge >= 0.3 is 0 Å². The van der Waals surface area contributed by atoms with E-state index in [1.165, 1.54) is 38.2 Å². The second-order valence-electron chi connectivity index (χ2n) is 12.7. The van der Waals surface area contributed by atoms with Crippen LogP contribution < -0.4 is 0 Å². The van der Waals surface area contributed by atoms with Gasteiger partial charge in [0.2, 0.25) is 0 Å². The third-order valence-corrected chi connectivity index (χ3v) is 9.74. The summed E-state index contributed by atoms with van der Waals surface area (Å²) in [6, 6.07) is 64.3. The van der Waals surface area contributed by atoms with Gasteiger partial charge in [-0.2, -0.15) is 0 Å². The minimum absolute atomic E-state index is 0.696. The predicted molar refractivity (Wildman–Crippen MR) is 207 cm³/mol. The van der Waals surface area contributed by atoms with Crippen LogP contribution in [-0.4, -0.2) is 19.1 Å². The van der Waals surface area contributed by atoms with E-state index in [2.05, 4.69) is 167 Å². The lowest BCUT2D eigenvalue weighted by molar-refractivity contribution is 1.05. The number of fused-ring (bicyclic) bond motifs is 6. The van der Waals surface area contributed by atoms with Gasteiger partial charge in [-0.3, -0.25) is 4.57 Å². The Hall–Kier alpha value is -6.78. The minimum atomic E-state index is 0.696. The third kappa shape index (κ3) is 4.54. The van der Waals surface area contributed by atoms with Crippen molar-refractivity contribution >= 4 is 43.6 Å². The van der Waals surface area contributed by atoms with E-state index in [1.807, 2.05) is 24.3 Å². The second-order valence-corrected chi connectivity index (χ2v) is 12.7. The molecule has 10 aromatic rings. The molecule has 10 rings (SSSR count). The quantitative estimate of drug-likeness (QED) is 0.188. The van der Waals surface area contributed by atoms with E-state index in [4.69, 9.17) is 9.97 Å². The Kier molecular flexibility index (Phi) is 6.46. The van der Waals surface area contributed by atoms with Crippen LogP contribution in [0, 0.1) is 0 Å². The van der Waals surface area contributed by atoms with Gasteiger partial charge in [-0.05, 0) is 47.5 Å². The van der Waals surface area contributed by atoms with E-state index < -0.39 is 0 Å². The first-order valence-corrected chi connectivity index (χ1v) is 16.9. The first kappa shape index (κ1) is 28.3.